The molecule has 19 heavy (non-hydrogen) atoms. The Morgan fingerprint density at radius 2 is 1.79 bits per heavy atom. The van der Waals surface area contributed by atoms with Crippen LogP contribution in [0.4, 0.5) is 0 Å². The molecule has 0 saturated heterocycles. The van der Waals surface area contributed by atoms with Crippen molar-refractivity contribution in [3.63, 3.8) is 0 Å². The molecule has 0 spiro atoms. The molecule has 0 aliphatic carbocycles. The average Bonchev–Trinajstić information content (AvgIpc) is 2.46. The van der Waals surface area contributed by atoms with Crippen molar-refractivity contribution in [3.05, 3.63) is 64.1 Å². The highest BCUT2D eigenvalue weighted by atomic mass is 79.9. The topological polar surface area (TPSA) is 21.3 Å². The first-order valence-electron chi connectivity index (χ1n) is 6.50. The van der Waals surface area contributed by atoms with Gasteiger partial charge < -0.3 is 10.1 Å². The lowest BCUT2D eigenvalue weighted by Crippen LogP contribution is -2.39. The quantitative estimate of drug-likeness (QED) is 0.934. The number of para-hydroxylation sites is 1. The molecule has 1 unspecified atom stereocenters. The van der Waals surface area contributed by atoms with E-state index in [-0.39, 0.29) is 0 Å². The molecule has 2 aromatic carbocycles. The summed E-state index contributed by atoms with van der Waals surface area (Å²) >= 11 is 3.50. The summed E-state index contributed by atoms with van der Waals surface area (Å²) < 4.78 is 6.89. The van der Waals surface area contributed by atoms with Gasteiger partial charge in [0.1, 0.15) is 12.4 Å². The lowest BCUT2D eigenvalue weighted by atomic mass is 9.96. The van der Waals surface area contributed by atoms with Gasteiger partial charge in [0.25, 0.3) is 0 Å². The van der Waals surface area contributed by atoms with Gasteiger partial charge in [0, 0.05) is 12.6 Å². The molecule has 1 aliphatic heterocycles. The van der Waals surface area contributed by atoms with Gasteiger partial charge >= 0.3 is 0 Å². The van der Waals surface area contributed by atoms with Crippen LogP contribution in [0.25, 0.3) is 0 Å². The molecule has 2 aromatic rings. The second-order valence-corrected chi connectivity index (χ2v) is 5.65. The maximum atomic E-state index is 5.88. The van der Waals surface area contributed by atoms with E-state index in [1.54, 1.807) is 0 Å². The molecule has 1 atom stereocenters. The predicted octanol–water partition coefficient (Wildman–Crippen LogP) is 3.54. The van der Waals surface area contributed by atoms with Gasteiger partial charge in [0.15, 0.2) is 0 Å². The number of ether oxygens (including phenoxy) is 1. The Morgan fingerprint density at radius 3 is 2.63 bits per heavy atom. The van der Waals surface area contributed by atoms with Crippen molar-refractivity contribution in [1.82, 2.24) is 5.32 Å². The van der Waals surface area contributed by atoms with E-state index >= 15 is 0 Å². The number of rotatable bonds is 3. The van der Waals surface area contributed by atoms with Gasteiger partial charge in [0.05, 0.1) is 4.47 Å². The molecule has 1 aliphatic rings. The monoisotopic (exact) mass is 317 g/mol. The van der Waals surface area contributed by atoms with Gasteiger partial charge in [-0.3, -0.25) is 0 Å². The van der Waals surface area contributed by atoms with Crippen LogP contribution in [0.15, 0.2) is 53.0 Å². The van der Waals surface area contributed by atoms with Crippen LogP contribution < -0.4 is 10.1 Å². The van der Waals surface area contributed by atoms with Crippen LogP contribution in [0.3, 0.4) is 0 Å². The minimum atomic E-state index is 0.377. The fourth-order valence-corrected chi connectivity index (χ4v) is 2.79. The van der Waals surface area contributed by atoms with Crippen LogP contribution in [-0.2, 0) is 13.0 Å². The SMILES string of the molecule is Brc1ccccc1OCC1Cc2ccccc2CN1. The predicted molar refractivity (Wildman–Crippen MR) is 80.4 cm³/mol. The van der Waals surface area contributed by atoms with Gasteiger partial charge in [-0.1, -0.05) is 36.4 Å². The van der Waals surface area contributed by atoms with Crippen molar-refractivity contribution in [2.45, 2.75) is 19.0 Å². The average molecular weight is 318 g/mol. The molecule has 98 valence electrons. The summed E-state index contributed by atoms with van der Waals surface area (Å²) in [4.78, 5) is 0. The number of halogens is 1. The van der Waals surface area contributed by atoms with Crippen molar-refractivity contribution in [2.24, 2.45) is 0 Å². The zero-order valence-corrected chi connectivity index (χ0v) is 12.2. The Hall–Kier alpha value is -1.32. The molecule has 0 radical (unpaired) electrons. The number of hydrogen-bond acceptors (Lipinski definition) is 2. The Kier molecular flexibility index (Phi) is 3.85. The molecular formula is C16H16BrNO. The van der Waals surface area contributed by atoms with E-state index < -0.39 is 0 Å². The van der Waals surface area contributed by atoms with Crippen LogP contribution in [0, 0.1) is 0 Å². The molecule has 0 amide bonds. The first-order chi connectivity index (χ1) is 9.33. The summed E-state index contributed by atoms with van der Waals surface area (Å²) in [6.07, 6.45) is 1.03. The van der Waals surface area contributed by atoms with E-state index in [2.05, 4.69) is 45.5 Å². The first kappa shape index (κ1) is 12.7. The van der Waals surface area contributed by atoms with Crippen LogP contribution >= 0.6 is 15.9 Å². The Bertz CT molecular complexity index is 570. The number of fused-ring (bicyclic) bond motifs is 1. The highest BCUT2D eigenvalue weighted by molar-refractivity contribution is 9.10. The molecule has 2 nitrogen and oxygen atoms in total. The summed E-state index contributed by atoms with van der Waals surface area (Å²) in [5, 5.41) is 3.52. The fourth-order valence-electron chi connectivity index (χ4n) is 2.39. The summed E-state index contributed by atoms with van der Waals surface area (Å²) in [6, 6.07) is 16.9. The Labute approximate surface area is 121 Å². The van der Waals surface area contributed by atoms with Gasteiger partial charge in [-0.25, -0.2) is 0 Å². The smallest absolute Gasteiger partial charge is 0.133 e. The molecule has 1 heterocycles. The number of nitrogens with one attached hydrogen (secondary N) is 1. The van der Waals surface area contributed by atoms with Gasteiger partial charge in [0.2, 0.25) is 0 Å². The zero-order valence-electron chi connectivity index (χ0n) is 10.6. The normalized spacial score (nSPS) is 17.8. The third kappa shape index (κ3) is 2.99. The van der Waals surface area contributed by atoms with E-state index in [4.69, 9.17) is 4.74 Å². The number of benzene rings is 2. The lowest BCUT2D eigenvalue weighted by molar-refractivity contribution is 0.255. The van der Waals surface area contributed by atoms with E-state index in [0.717, 1.165) is 23.2 Å². The van der Waals surface area contributed by atoms with E-state index in [0.29, 0.717) is 12.6 Å². The maximum Gasteiger partial charge on any atom is 0.133 e. The molecule has 0 aromatic heterocycles. The van der Waals surface area contributed by atoms with Crippen LogP contribution in [0.5, 0.6) is 5.75 Å². The van der Waals surface area contributed by atoms with Gasteiger partial charge in [-0.2, -0.15) is 0 Å². The van der Waals surface area contributed by atoms with Crippen LogP contribution in [-0.4, -0.2) is 12.6 Å². The highest BCUT2D eigenvalue weighted by Crippen LogP contribution is 2.24. The molecule has 0 fully saturated rings. The van der Waals surface area contributed by atoms with Crippen molar-refractivity contribution in [2.75, 3.05) is 6.61 Å². The van der Waals surface area contributed by atoms with Crippen LogP contribution in [0.2, 0.25) is 0 Å². The molecule has 0 bridgehead atoms. The molecular weight excluding hydrogens is 302 g/mol. The second-order valence-electron chi connectivity index (χ2n) is 4.79. The van der Waals surface area contributed by atoms with Crippen molar-refractivity contribution < 1.29 is 4.74 Å². The van der Waals surface area contributed by atoms with Crippen molar-refractivity contribution >= 4 is 15.9 Å². The summed E-state index contributed by atoms with van der Waals surface area (Å²) in [5.41, 5.74) is 2.83. The van der Waals surface area contributed by atoms with Crippen molar-refractivity contribution in [1.29, 1.82) is 0 Å². The van der Waals surface area contributed by atoms with E-state index in [1.165, 1.54) is 11.1 Å². The zero-order chi connectivity index (χ0) is 13.1. The van der Waals surface area contributed by atoms with Gasteiger partial charge in [-0.05, 0) is 45.6 Å². The minimum absolute atomic E-state index is 0.377. The standard InChI is InChI=1S/C16H16BrNO/c17-15-7-3-4-8-16(15)19-11-14-9-12-5-1-2-6-13(12)10-18-14/h1-8,14,18H,9-11H2. The molecule has 1 N–H and O–H groups in total. The third-order valence-electron chi connectivity index (χ3n) is 3.44. The summed E-state index contributed by atoms with van der Waals surface area (Å²) in [7, 11) is 0. The third-order valence-corrected chi connectivity index (χ3v) is 4.10. The molecule has 3 heteroatoms. The van der Waals surface area contributed by atoms with E-state index in [1.807, 2.05) is 24.3 Å². The first-order valence-corrected chi connectivity index (χ1v) is 7.30. The summed E-state index contributed by atoms with van der Waals surface area (Å²) in [6.45, 7) is 1.62. The van der Waals surface area contributed by atoms with Crippen molar-refractivity contribution in [3.8, 4) is 5.75 Å². The fraction of sp³-hybridized carbons (Fsp3) is 0.250. The van der Waals surface area contributed by atoms with E-state index in [9.17, 15) is 0 Å². The lowest BCUT2D eigenvalue weighted by Gasteiger charge is -2.26. The largest absolute Gasteiger partial charge is 0.491 e. The minimum Gasteiger partial charge on any atom is -0.491 e. The maximum absolute atomic E-state index is 5.88. The highest BCUT2D eigenvalue weighted by Gasteiger charge is 2.18. The molecule has 3 rings (SSSR count). The molecule has 0 saturated carbocycles. The summed E-state index contributed by atoms with van der Waals surface area (Å²) in [5.74, 6) is 0.906. The second kappa shape index (κ2) is 5.76. The van der Waals surface area contributed by atoms with Gasteiger partial charge in [-0.15, -0.1) is 0 Å². The number of hydrogen-bond donors (Lipinski definition) is 1. The Morgan fingerprint density at radius 1 is 1.05 bits per heavy atom. The van der Waals surface area contributed by atoms with Crippen LogP contribution in [0.1, 0.15) is 11.1 Å². The Balaban J connectivity index is 1.62.